The van der Waals surface area contributed by atoms with E-state index >= 15 is 0 Å². The van der Waals surface area contributed by atoms with Crippen molar-refractivity contribution in [2.45, 2.75) is 0 Å². The maximum atomic E-state index is 6.57. The van der Waals surface area contributed by atoms with Gasteiger partial charge >= 0.3 is 0 Å². The van der Waals surface area contributed by atoms with Crippen molar-refractivity contribution in [3.8, 4) is 28.3 Å². The molecule has 0 aliphatic rings. The molecular weight excluding hydrogens is 552 g/mol. The van der Waals surface area contributed by atoms with Gasteiger partial charge in [-0.2, -0.15) is 0 Å². The Kier molecular flexibility index (Phi) is 4.96. The molecule has 10 rings (SSSR count). The van der Waals surface area contributed by atoms with Gasteiger partial charge in [0.2, 0.25) is 5.89 Å². The van der Waals surface area contributed by atoms with Crippen LogP contribution in [0, 0.1) is 0 Å². The fourth-order valence-corrected chi connectivity index (χ4v) is 7.06. The predicted molar refractivity (Wildman–Crippen MR) is 184 cm³/mol. The summed E-state index contributed by atoms with van der Waals surface area (Å²) >= 11 is 0. The van der Waals surface area contributed by atoms with Gasteiger partial charge in [0.15, 0.2) is 5.58 Å². The van der Waals surface area contributed by atoms with Gasteiger partial charge in [-0.05, 0) is 64.4 Å². The summed E-state index contributed by atoms with van der Waals surface area (Å²) in [7, 11) is 0. The van der Waals surface area contributed by atoms with Gasteiger partial charge in [0, 0.05) is 27.4 Å². The number of aromatic nitrogens is 2. The molecule has 7 aromatic carbocycles. The fraction of sp³-hybridized carbons (Fsp3) is 0. The molecule has 4 nitrogen and oxygen atoms in total. The molecule has 0 spiro atoms. The average molecular weight is 577 g/mol. The van der Waals surface area contributed by atoms with E-state index in [0.29, 0.717) is 5.89 Å². The molecule has 0 aliphatic heterocycles. The highest BCUT2D eigenvalue weighted by Gasteiger charge is 2.22. The van der Waals surface area contributed by atoms with Crippen molar-refractivity contribution in [1.82, 2.24) is 9.55 Å². The van der Waals surface area contributed by atoms with Crippen LogP contribution in [0.3, 0.4) is 0 Å². The monoisotopic (exact) mass is 576 g/mol. The van der Waals surface area contributed by atoms with E-state index in [1.807, 2.05) is 30.3 Å². The van der Waals surface area contributed by atoms with Crippen LogP contribution in [0.4, 0.5) is 0 Å². The number of benzene rings is 7. The van der Waals surface area contributed by atoms with Gasteiger partial charge in [-0.3, -0.25) is 0 Å². The molecule has 0 saturated heterocycles. The highest BCUT2D eigenvalue weighted by molar-refractivity contribution is 6.24. The summed E-state index contributed by atoms with van der Waals surface area (Å²) in [5.41, 5.74) is 9.90. The minimum atomic E-state index is 0.593. The Morgan fingerprint density at radius 2 is 1.16 bits per heavy atom. The molecule has 0 bridgehead atoms. The largest absolute Gasteiger partial charge is 0.456 e. The third-order valence-corrected chi connectivity index (χ3v) is 9.02. The van der Waals surface area contributed by atoms with Crippen molar-refractivity contribution >= 4 is 65.6 Å². The first kappa shape index (κ1) is 24.3. The minimum absolute atomic E-state index is 0.593. The SMILES string of the molecule is c1ccc(-c2cccc(-n3c4ccccc4c4c5ccccc5c(-c5nc6c(ccc7oc8ccccc8c76)o5)cc43)c2)cc1. The molecule has 210 valence electrons. The van der Waals surface area contributed by atoms with Gasteiger partial charge in [-0.1, -0.05) is 103 Å². The van der Waals surface area contributed by atoms with Gasteiger partial charge < -0.3 is 13.4 Å². The van der Waals surface area contributed by atoms with Crippen molar-refractivity contribution < 1.29 is 8.83 Å². The summed E-state index contributed by atoms with van der Waals surface area (Å²) in [6, 6.07) is 50.9. The van der Waals surface area contributed by atoms with Crippen LogP contribution < -0.4 is 0 Å². The molecule has 3 aromatic heterocycles. The standard InChI is InChI=1S/C41H24N2O2/c1-2-11-25(12-3-1)26-13-10-14-27(23-26)43-33-19-8-6-17-30(33)38-29-16-5-4-15-28(29)32(24-34(38)43)41-42-40-37(45-41)22-21-36-39(40)31-18-7-9-20-35(31)44-36/h1-24H. The molecule has 0 fully saturated rings. The smallest absolute Gasteiger partial charge is 0.228 e. The number of hydrogen-bond donors (Lipinski definition) is 0. The van der Waals surface area contributed by atoms with Gasteiger partial charge in [-0.25, -0.2) is 4.98 Å². The Balaban J connectivity index is 1.29. The van der Waals surface area contributed by atoms with Gasteiger partial charge in [0.25, 0.3) is 0 Å². The van der Waals surface area contributed by atoms with Crippen LogP contribution in [0.5, 0.6) is 0 Å². The number of nitrogens with zero attached hydrogens (tertiary/aromatic N) is 2. The maximum absolute atomic E-state index is 6.57. The highest BCUT2D eigenvalue weighted by Crippen LogP contribution is 2.43. The lowest BCUT2D eigenvalue weighted by Gasteiger charge is -2.12. The molecule has 3 heterocycles. The molecule has 4 heteroatoms. The lowest BCUT2D eigenvalue weighted by atomic mass is 9.99. The predicted octanol–water partition coefficient (Wildman–Crippen LogP) is 11.3. The number of rotatable bonds is 3. The van der Waals surface area contributed by atoms with E-state index in [0.717, 1.165) is 60.7 Å². The van der Waals surface area contributed by atoms with E-state index in [9.17, 15) is 0 Å². The van der Waals surface area contributed by atoms with E-state index in [4.69, 9.17) is 13.8 Å². The molecule has 0 atom stereocenters. The van der Waals surface area contributed by atoms with Gasteiger partial charge in [0.05, 0.1) is 16.4 Å². The number of furan rings is 1. The maximum Gasteiger partial charge on any atom is 0.228 e. The first-order valence-corrected chi connectivity index (χ1v) is 15.1. The normalized spacial score (nSPS) is 12.0. The van der Waals surface area contributed by atoms with Crippen molar-refractivity contribution in [3.63, 3.8) is 0 Å². The van der Waals surface area contributed by atoms with Crippen LogP contribution >= 0.6 is 0 Å². The van der Waals surface area contributed by atoms with E-state index < -0.39 is 0 Å². The third-order valence-electron chi connectivity index (χ3n) is 9.02. The van der Waals surface area contributed by atoms with Crippen LogP contribution in [-0.4, -0.2) is 9.55 Å². The lowest BCUT2D eigenvalue weighted by Crippen LogP contribution is -1.95. The Bertz CT molecular complexity index is 2760. The first-order chi connectivity index (χ1) is 22.3. The zero-order chi connectivity index (χ0) is 29.5. The lowest BCUT2D eigenvalue weighted by molar-refractivity contribution is 0.620. The topological polar surface area (TPSA) is 44.1 Å². The average Bonchev–Trinajstić information content (AvgIpc) is 3.80. The summed E-state index contributed by atoms with van der Waals surface area (Å²) in [5, 5.41) is 6.72. The second-order valence-electron chi connectivity index (χ2n) is 11.5. The number of para-hydroxylation sites is 2. The second-order valence-corrected chi connectivity index (χ2v) is 11.5. The second kappa shape index (κ2) is 9.18. The molecule has 45 heavy (non-hydrogen) atoms. The summed E-state index contributed by atoms with van der Waals surface area (Å²) < 4.78 is 15.1. The number of fused-ring (bicyclic) bond motifs is 10. The van der Waals surface area contributed by atoms with E-state index in [1.165, 1.54) is 27.3 Å². The van der Waals surface area contributed by atoms with Crippen LogP contribution in [0.25, 0.3) is 93.9 Å². The Morgan fingerprint density at radius 1 is 0.444 bits per heavy atom. The van der Waals surface area contributed by atoms with Crippen molar-refractivity contribution in [2.24, 2.45) is 0 Å². The Hall–Kier alpha value is -6.13. The van der Waals surface area contributed by atoms with Crippen LogP contribution in [-0.2, 0) is 0 Å². The third kappa shape index (κ3) is 3.51. The molecule has 0 unspecified atom stereocenters. The van der Waals surface area contributed by atoms with Gasteiger partial charge in [-0.15, -0.1) is 0 Å². The molecule has 0 radical (unpaired) electrons. The molecule has 10 aromatic rings. The zero-order valence-corrected chi connectivity index (χ0v) is 24.1. The molecule has 0 N–H and O–H groups in total. The molecule has 0 saturated carbocycles. The van der Waals surface area contributed by atoms with Crippen LogP contribution in [0.1, 0.15) is 0 Å². The highest BCUT2D eigenvalue weighted by atomic mass is 16.4. The van der Waals surface area contributed by atoms with Gasteiger partial charge in [0.1, 0.15) is 16.7 Å². The van der Waals surface area contributed by atoms with Crippen LogP contribution in [0.15, 0.2) is 154 Å². The Morgan fingerprint density at radius 3 is 2.04 bits per heavy atom. The summed E-state index contributed by atoms with van der Waals surface area (Å²) in [4.78, 5) is 5.16. The van der Waals surface area contributed by atoms with E-state index in [1.54, 1.807) is 0 Å². The fourth-order valence-electron chi connectivity index (χ4n) is 7.06. The van der Waals surface area contributed by atoms with Crippen LogP contribution in [0.2, 0.25) is 0 Å². The zero-order valence-electron chi connectivity index (χ0n) is 24.1. The molecule has 0 amide bonds. The summed E-state index contributed by atoms with van der Waals surface area (Å²) in [6.07, 6.45) is 0. The summed E-state index contributed by atoms with van der Waals surface area (Å²) in [6.45, 7) is 0. The number of hydrogen-bond acceptors (Lipinski definition) is 3. The molecule has 0 aliphatic carbocycles. The van der Waals surface area contributed by atoms with E-state index in [2.05, 4.69) is 120 Å². The molecular formula is C41H24N2O2. The quantitative estimate of drug-likeness (QED) is 0.210. The summed E-state index contributed by atoms with van der Waals surface area (Å²) in [5.74, 6) is 0.593. The minimum Gasteiger partial charge on any atom is -0.456 e. The van der Waals surface area contributed by atoms with E-state index in [-0.39, 0.29) is 0 Å². The Labute approximate surface area is 257 Å². The van der Waals surface area contributed by atoms with Crippen molar-refractivity contribution in [1.29, 1.82) is 0 Å². The number of oxazole rings is 1. The van der Waals surface area contributed by atoms with Crippen molar-refractivity contribution in [2.75, 3.05) is 0 Å². The first-order valence-electron chi connectivity index (χ1n) is 15.1. The van der Waals surface area contributed by atoms with Crippen molar-refractivity contribution in [3.05, 3.63) is 146 Å².